The van der Waals surface area contributed by atoms with Crippen LogP contribution in [0, 0.1) is 6.92 Å². The molecule has 0 spiro atoms. The largest absolute Gasteiger partial charge is 0.283 e. The molecular weight excluding hydrogens is 402 g/mol. The molecule has 0 saturated carbocycles. The minimum atomic E-state index is -0.538. The number of carbonyl (C=O) groups excluding carboxylic acids is 3. The van der Waals surface area contributed by atoms with E-state index in [1.54, 1.807) is 30.3 Å². The molecule has 2 N–H and O–H groups in total. The monoisotopic (exact) mass is 417 g/mol. The molecule has 1 aromatic carbocycles. The summed E-state index contributed by atoms with van der Waals surface area (Å²) in [6, 6.07) is 10.7. The van der Waals surface area contributed by atoms with Crippen LogP contribution in [0.1, 0.15) is 20.8 Å². The first-order valence-electron chi connectivity index (χ1n) is 7.89. The van der Waals surface area contributed by atoms with E-state index in [9.17, 15) is 14.4 Å². The van der Waals surface area contributed by atoms with E-state index in [-0.39, 0.29) is 12.5 Å². The number of thiophene rings is 1. The van der Waals surface area contributed by atoms with Crippen LogP contribution < -0.4 is 10.9 Å². The molecular formula is C18H15N3O3S3. The predicted octanol–water partition coefficient (Wildman–Crippen LogP) is 2.72. The molecule has 1 saturated heterocycles. The zero-order chi connectivity index (χ0) is 19.4. The fourth-order valence-electron chi connectivity index (χ4n) is 2.23. The third kappa shape index (κ3) is 4.82. The number of hydrogen-bond acceptors (Lipinski definition) is 6. The molecule has 0 atom stereocenters. The fraction of sp³-hybridized carbons (Fsp3) is 0.111. The van der Waals surface area contributed by atoms with Crippen molar-refractivity contribution >= 4 is 63.4 Å². The second-order valence-corrected chi connectivity index (χ2v) is 8.31. The van der Waals surface area contributed by atoms with Crippen LogP contribution in [-0.4, -0.2) is 33.5 Å². The summed E-state index contributed by atoms with van der Waals surface area (Å²) in [5.41, 5.74) is 6.09. The van der Waals surface area contributed by atoms with Crippen LogP contribution in [0.25, 0.3) is 6.08 Å². The first-order chi connectivity index (χ1) is 12.9. The lowest BCUT2D eigenvalue weighted by Crippen LogP contribution is -2.47. The molecule has 2 heterocycles. The Kier molecular flexibility index (Phi) is 6.04. The molecule has 2 aromatic rings. The zero-order valence-corrected chi connectivity index (χ0v) is 16.7. The predicted molar refractivity (Wildman–Crippen MR) is 111 cm³/mol. The van der Waals surface area contributed by atoms with E-state index in [0.29, 0.717) is 14.8 Å². The van der Waals surface area contributed by atoms with Crippen molar-refractivity contribution in [2.75, 3.05) is 6.54 Å². The van der Waals surface area contributed by atoms with E-state index >= 15 is 0 Å². The third-order valence-electron chi connectivity index (χ3n) is 3.62. The summed E-state index contributed by atoms with van der Waals surface area (Å²) >= 11 is 7.86. The van der Waals surface area contributed by atoms with Gasteiger partial charge in [0, 0.05) is 10.4 Å². The second kappa shape index (κ2) is 8.47. The highest BCUT2D eigenvalue weighted by atomic mass is 32.2. The number of carbonyl (C=O) groups is 3. The maximum atomic E-state index is 12.5. The van der Waals surface area contributed by atoms with Gasteiger partial charge in [-0.05, 0) is 36.6 Å². The van der Waals surface area contributed by atoms with Crippen molar-refractivity contribution < 1.29 is 14.4 Å². The fourth-order valence-corrected chi connectivity index (χ4v) is 4.20. The van der Waals surface area contributed by atoms with Crippen molar-refractivity contribution in [3.63, 3.8) is 0 Å². The molecule has 0 unspecified atom stereocenters. The van der Waals surface area contributed by atoms with E-state index in [4.69, 9.17) is 12.2 Å². The summed E-state index contributed by atoms with van der Waals surface area (Å²) in [5, 5.41) is 1.91. The van der Waals surface area contributed by atoms with Gasteiger partial charge in [0.25, 0.3) is 17.7 Å². The summed E-state index contributed by atoms with van der Waals surface area (Å²) in [6.07, 6.45) is 1.75. The molecule has 3 amide bonds. The number of amides is 3. The quantitative estimate of drug-likeness (QED) is 0.454. The molecule has 9 heteroatoms. The number of hydrogen-bond donors (Lipinski definition) is 2. The van der Waals surface area contributed by atoms with Gasteiger partial charge in [0.2, 0.25) is 0 Å². The van der Waals surface area contributed by atoms with Crippen molar-refractivity contribution in [3.8, 4) is 0 Å². The number of rotatable bonds is 4. The van der Waals surface area contributed by atoms with Crippen molar-refractivity contribution in [3.05, 3.63) is 62.7 Å². The van der Waals surface area contributed by atoms with E-state index in [0.717, 1.165) is 22.2 Å². The zero-order valence-electron chi connectivity index (χ0n) is 14.2. The molecule has 3 rings (SSSR count). The number of benzene rings is 1. The van der Waals surface area contributed by atoms with E-state index in [2.05, 4.69) is 10.9 Å². The van der Waals surface area contributed by atoms with Crippen LogP contribution in [0.4, 0.5) is 0 Å². The van der Waals surface area contributed by atoms with Crippen LogP contribution >= 0.6 is 35.3 Å². The summed E-state index contributed by atoms with van der Waals surface area (Å²) in [4.78, 5) is 39.2. The molecule has 1 fully saturated rings. The summed E-state index contributed by atoms with van der Waals surface area (Å²) in [7, 11) is 0. The number of nitrogens with zero attached hydrogens (tertiary/aromatic N) is 1. The minimum absolute atomic E-state index is 0.263. The van der Waals surface area contributed by atoms with Gasteiger partial charge >= 0.3 is 0 Å². The van der Waals surface area contributed by atoms with Crippen molar-refractivity contribution in [1.29, 1.82) is 0 Å². The Labute approximate surface area is 169 Å². The summed E-state index contributed by atoms with van der Waals surface area (Å²) in [6.45, 7) is 1.65. The maximum Gasteiger partial charge on any atom is 0.269 e. The average Bonchev–Trinajstić information content (AvgIpc) is 3.24. The lowest BCUT2D eigenvalue weighted by molar-refractivity contribution is -0.129. The Morgan fingerprint density at radius 1 is 1.19 bits per heavy atom. The van der Waals surface area contributed by atoms with Crippen LogP contribution in [-0.2, 0) is 9.59 Å². The lowest BCUT2D eigenvalue weighted by Gasteiger charge is -2.14. The van der Waals surface area contributed by atoms with Crippen LogP contribution in [0.15, 0.2) is 46.7 Å². The maximum absolute atomic E-state index is 12.5. The Bertz CT molecular complexity index is 921. The van der Waals surface area contributed by atoms with Gasteiger partial charge in [-0.25, -0.2) is 0 Å². The molecule has 1 aliphatic rings. The highest BCUT2D eigenvalue weighted by molar-refractivity contribution is 8.26. The highest BCUT2D eigenvalue weighted by Gasteiger charge is 2.33. The number of aryl methyl sites for hydroxylation is 1. The Balaban J connectivity index is 1.56. The molecule has 27 heavy (non-hydrogen) atoms. The molecule has 0 aliphatic carbocycles. The van der Waals surface area contributed by atoms with Crippen molar-refractivity contribution in [2.24, 2.45) is 0 Å². The van der Waals surface area contributed by atoms with Crippen molar-refractivity contribution in [1.82, 2.24) is 15.8 Å². The van der Waals surface area contributed by atoms with E-state index < -0.39 is 11.8 Å². The number of hydrazine groups is 1. The normalized spacial score (nSPS) is 15.3. The summed E-state index contributed by atoms with van der Waals surface area (Å²) < 4.78 is 0.308. The molecule has 0 bridgehead atoms. The molecule has 138 valence electrons. The minimum Gasteiger partial charge on any atom is -0.283 e. The highest BCUT2D eigenvalue weighted by Crippen LogP contribution is 2.32. The molecule has 1 aliphatic heterocycles. The third-order valence-corrected chi connectivity index (χ3v) is 5.82. The smallest absolute Gasteiger partial charge is 0.269 e. The van der Waals surface area contributed by atoms with E-state index in [1.807, 2.05) is 24.4 Å². The van der Waals surface area contributed by atoms with Gasteiger partial charge in [0.15, 0.2) is 0 Å². The topological polar surface area (TPSA) is 78.5 Å². The van der Waals surface area contributed by atoms with Crippen LogP contribution in [0.5, 0.6) is 0 Å². The Hall–Kier alpha value is -2.49. The SMILES string of the molecule is Cc1ccc(C(=O)NNC(=O)CN2C(=O)/C(=C\c3cccs3)SC2=S)cc1. The molecule has 6 nitrogen and oxygen atoms in total. The van der Waals surface area contributed by atoms with Crippen molar-refractivity contribution in [2.45, 2.75) is 6.92 Å². The van der Waals surface area contributed by atoms with Gasteiger partial charge in [0.05, 0.1) is 4.91 Å². The number of thioether (sulfide) groups is 1. The number of nitrogens with one attached hydrogen (secondary N) is 2. The van der Waals surface area contributed by atoms with Gasteiger partial charge in [-0.3, -0.25) is 30.1 Å². The molecule has 1 aromatic heterocycles. The standard InChI is InChI=1S/C18H15N3O3S3/c1-11-4-6-12(7-5-11)16(23)20-19-15(22)10-21-17(24)14(27-18(21)25)9-13-3-2-8-26-13/h2-9H,10H2,1H3,(H,19,22)(H,20,23)/b14-9+. The van der Waals surface area contributed by atoms with Gasteiger partial charge in [-0.15, -0.1) is 11.3 Å². The first-order valence-corrected chi connectivity index (χ1v) is 9.99. The van der Waals surface area contributed by atoms with Gasteiger partial charge in [0.1, 0.15) is 10.9 Å². The first kappa shape index (κ1) is 19.3. The Morgan fingerprint density at radius 3 is 2.59 bits per heavy atom. The average molecular weight is 418 g/mol. The Morgan fingerprint density at radius 2 is 1.93 bits per heavy atom. The van der Waals surface area contributed by atoms with Gasteiger partial charge in [-0.1, -0.05) is 47.7 Å². The van der Waals surface area contributed by atoms with Crippen LogP contribution in [0.2, 0.25) is 0 Å². The number of thiocarbonyl (C=S) groups is 1. The van der Waals surface area contributed by atoms with E-state index in [1.165, 1.54) is 16.2 Å². The summed E-state index contributed by atoms with van der Waals surface area (Å²) in [5.74, 6) is -1.30. The second-order valence-electron chi connectivity index (χ2n) is 5.65. The lowest BCUT2D eigenvalue weighted by atomic mass is 10.1. The molecule has 0 radical (unpaired) electrons. The van der Waals surface area contributed by atoms with Gasteiger partial charge in [-0.2, -0.15) is 0 Å². The van der Waals surface area contributed by atoms with Gasteiger partial charge < -0.3 is 0 Å². The van der Waals surface area contributed by atoms with Crippen LogP contribution in [0.3, 0.4) is 0 Å².